The number of benzene rings is 2. The van der Waals surface area contributed by atoms with Gasteiger partial charge in [-0.25, -0.2) is 0 Å². The molecule has 1 fully saturated rings. The smallest absolute Gasteiger partial charge is 0.137 e. The number of likely N-dealkylation sites (tertiary alicyclic amines) is 1. The Balaban J connectivity index is 1.70. The third kappa shape index (κ3) is 4.43. The average Bonchev–Trinajstić information content (AvgIpc) is 2.63. The number of quaternary nitrogens is 2. The predicted octanol–water partition coefficient (Wildman–Crippen LogP) is 1.80. The molecule has 3 N–H and O–H groups in total. The maximum Gasteiger partial charge on any atom is 0.137 e. The minimum Gasteiger partial charge on any atom is -0.335 e. The molecule has 2 nitrogen and oxygen atoms in total. The van der Waals surface area contributed by atoms with Crippen LogP contribution in [0.2, 0.25) is 0 Å². The van der Waals surface area contributed by atoms with Crippen LogP contribution >= 0.6 is 0 Å². The zero-order valence-electron chi connectivity index (χ0n) is 14.2. The van der Waals surface area contributed by atoms with Crippen LogP contribution in [-0.2, 0) is 0 Å². The number of hydrogen-bond acceptors (Lipinski definition) is 0. The molecule has 0 aromatic heterocycles. The third-order valence-corrected chi connectivity index (χ3v) is 5.12. The van der Waals surface area contributed by atoms with Crippen molar-refractivity contribution in [1.82, 2.24) is 0 Å². The highest BCUT2D eigenvalue weighted by Crippen LogP contribution is 2.18. The van der Waals surface area contributed by atoms with E-state index in [-0.39, 0.29) is 0 Å². The SMILES string of the molecule is CCC[NH+]1CCC([NH2+]C(c2ccccc2)c2ccccc2)CC1. The Labute approximate surface area is 140 Å². The van der Waals surface area contributed by atoms with Crippen molar-refractivity contribution in [3.63, 3.8) is 0 Å². The average molecular weight is 310 g/mol. The second kappa shape index (κ2) is 8.28. The maximum atomic E-state index is 2.62. The summed E-state index contributed by atoms with van der Waals surface area (Å²) in [7, 11) is 0. The quantitative estimate of drug-likeness (QED) is 0.812. The van der Waals surface area contributed by atoms with Crippen molar-refractivity contribution in [2.24, 2.45) is 0 Å². The van der Waals surface area contributed by atoms with Gasteiger partial charge < -0.3 is 10.2 Å². The topological polar surface area (TPSA) is 21.1 Å². The van der Waals surface area contributed by atoms with Crippen LogP contribution in [0.4, 0.5) is 0 Å². The summed E-state index contributed by atoms with van der Waals surface area (Å²) in [6.45, 7) is 6.32. The normalized spacial score (nSPS) is 21.5. The van der Waals surface area contributed by atoms with E-state index in [1.165, 1.54) is 50.0 Å². The molecule has 0 amide bonds. The molecule has 2 aromatic carbocycles. The first kappa shape index (κ1) is 16.2. The molecular weight excluding hydrogens is 280 g/mol. The highest BCUT2D eigenvalue weighted by Gasteiger charge is 2.28. The van der Waals surface area contributed by atoms with E-state index in [1.807, 2.05) is 0 Å². The van der Waals surface area contributed by atoms with Crippen LogP contribution in [0.1, 0.15) is 43.4 Å². The second-order valence-electron chi connectivity index (χ2n) is 6.83. The Morgan fingerprint density at radius 2 is 1.43 bits per heavy atom. The van der Waals surface area contributed by atoms with Gasteiger partial charge in [0, 0.05) is 24.0 Å². The summed E-state index contributed by atoms with van der Waals surface area (Å²) in [4.78, 5) is 1.80. The monoisotopic (exact) mass is 310 g/mol. The van der Waals surface area contributed by atoms with E-state index in [9.17, 15) is 0 Å². The van der Waals surface area contributed by atoms with Crippen LogP contribution < -0.4 is 10.2 Å². The second-order valence-corrected chi connectivity index (χ2v) is 6.83. The molecule has 2 aromatic rings. The Hall–Kier alpha value is -1.64. The molecule has 0 unspecified atom stereocenters. The molecule has 0 bridgehead atoms. The maximum absolute atomic E-state index is 2.62. The van der Waals surface area contributed by atoms with Gasteiger partial charge in [0.1, 0.15) is 6.04 Å². The predicted molar refractivity (Wildman–Crippen MR) is 95.5 cm³/mol. The molecule has 23 heavy (non-hydrogen) atoms. The molecule has 0 radical (unpaired) electrons. The van der Waals surface area contributed by atoms with Gasteiger partial charge in [0.25, 0.3) is 0 Å². The summed E-state index contributed by atoms with van der Waals surface area (Å²) >= 11 is 0. The van der Waals surface area contributed by atoms with Crippen molar-refractivity contribution >= 4 is 0 Å². The molecule has 2 heteroatoms. The number of nitrogens with one attached hydrogen (secondary N) is 1. The summed E-state index contributed by atoms with van der Waals surface area (Å²) in [5.41, 5.74) is 2.84. The van der Waals surface area contributed by atoms with Gasteiger partial charge in [-0.2, -0.15) is 0 Å². The molecule has 1 heterocycles. The third-order valence-electron chi connectivity index (χ3n) is 5.12. The largest absolute Gasteiger partial charge is 0.335 e. The Bertz CT molecular complexity index is 519. The van der Waals surface area contributed by atoms with E-state index in [2.05, 4.69) is 72.9 Å². The Kier molecular flexibility index (Phi) is 5.84. The number of piperidine rings is 1. The minimum absolute atomic E-state index is 0.426. The van der Waals surface area contributed by atoms with E-state index in [1.54, 1.807) is 4.90 Å². The Morgan fingerprint density at radius 1 is 0.913 bits per heavy atom. The lowest BCUT2D eigenvalue weighted by Gasteiger charge is -2.30. The van der Waals surface area contributed by atoms with Crippen LogP contribution in [0.3, 0.4) is 0 Å². The van der Waals surface area contributed by atoms with Crippen molar-refractivity contribution in [2.45, 2.75) is 38.3 Å². The number of nitrogens with two attached hydrogens (primary N) is 1. The number of hydrogen-bond donors (Lipinski definition) is 2. The van der Waals surface area contributed by atoms with E-state index in [0.29, 0.717) is 6.04 Å². The fraction of sp³-hybridized carbons (Fsp3) is 0.429. The molecule has 0 aliphatic carbocycles. The van der Waals surface area contributed by atoms with Gasteiger partial charge in [0.05, 0.1) is 25.7 Å². The van der Waals surface area contributed by atoms with Crippen molar-refractivity contribution in [1.29, 1.82) is 0 Å². The molecular formula is C21H30N2+2. The van der Waals surface area contributed by atoms with Gasteiger partial charge in [-0.3, -0.25) is 0 Å². The lowest BCUT2D eigenvalue weighted by molar-refractivity contribution is -0.914. The van der Waals surface area contributed by atoms with Crippen LogP contribution in [-0.4, -0.2) is 25.7 Å². The zero-order chi connectivity index (χ0) is 15.9. The van der Waals surface area contributed by atoms with Crippen LogP contribution in [0.5, 0.6) is 0 Å². The molecule has 0 atom stereocenters. The number of rotatable bonds is 6. The standard InChI is InChI=1S/C21H28N2/c1-2-15-23-16-13-20(14-17-23)22-21(18-9-5-3-6-10-18)19-11-7-4-8-12-19/h3-12,20-22H,2,13-17H2,1H3/p+2. The molecule has 1 saturated heterocycles. The van der Waals surface area contributed by atoms with Gasteiger partial charge in [0.2, 0.25) is 0 Å². The van der Waals surface area contributed by atoms with Crippen molar-refractivity contribution in [2.75, 3.05) is 19.6 Å². The minimum atomic E-state index is 0.426. The van der Waals surface area contributed by atoms with Crippen LogP contribution in [0, 0.1) is 0 Å². The van der Waals surface area contributed by atoms with E-state index in [0.717, 1.165) is 6.04 Å². The fourth-order valence-electron chi connectivity index (χ4n) is 3.85. The fourth-order valence-corrected chi connectivity index (χ4v) is 3.85. The van der Waals surface area contributed by atoms with Crippen molar-refractivity contribution in [3.8, 4) is 0 Å². The summed E-state index contributed by atoms with van der Waals surface area (Å²) in [5, 5.41) is 2.62. The van der Waals surface area contributed by atoms with Gasteiger partial charge in [0.15, 0.2) is 0 Å². The van der Waals surface area contributed by atoms with Crippen LogP contribution in [0.25, 0.3) is 0 Å². The molecule has 0 spiro atoms. The zero-order valence-corrected chi connectivity index (χ0v) is 14.2. The molecule has 1 aliphatic heterocycles. The summed E-state index contributed by atoms with van der Waals surface area (Å²) in [6, 6.07) is 23.1. The van der Waals surface area contributed by atoms with Crippen molar-refractivity contribution in [3.05, 3.63) is 71.8 Å². The molecule has 3 rings (SSSR count). The first-order valence-corrected chi connectivity index (χ1v) is 9.15. The van der Waals surface area contributed by atoms with Crippen LogP contribution in [0.15, 0.2) is 60.7 Å². The molecule has 0 saturated carbocycles. The highest BCUT2D eigenvalue weighted by atomic mass is 15.1. The van der Waals surface area contributed by atoms with E-state index in [4.69, 9.17) is 0 Å². The van der Waals surface area contributed by atoms with Crippen molar-refractivity contribution < 1.29 is 10.2 Å². The first-order chi connectivity index (χ1) is 11.4. The summed E-state index contributed by atoms with van der Waals surface area (Å²) in [5.74, 6) is 0. The lowest BCUT2D eigenvalue weighted by atomic mass is 9.95. The molecule has 1 aliphatic rings. The lowest BCUT2D eigenvalue weighted by Crippen LogP contribution is -3.14. The van der Waals surface area contributed by atoms with E-state index < -0.39 is 0 Å². The summed E-state index contributed by atoms with van der Waals surface area (Å²) < 4.78 is 0. The first-order valence-electron chi connectivity index (χ1n) is 9.15. The molecule has 122 valence electrons. The summed E-state index contributed by atoms with van der Waals surface area (Å²) in [6.07, 6.45) is 3.98. The van der Waals surface area contributed by atoms with Gasteiger partial charge in [-0.15, -0.1) is 0 Å². The van der Waals surface area contributed by atoms with Gasteiger partial charge >= 0.3 is 0 Å². The van der Waals surface area contributed by atoms with E-state index >= 15 is 0 Å². The highest BCUT2D eigenvalue weighted by molar-refractivity contribution is 5.29. The van der Waals surface area contributed by atoms with Gasteiger partial charge in [-0.1, -0.05) is 67.6 Å². The van der Waals surface area contributed by atoms with Gasteiger partial charge in [-0.05, 0) is 6.42 Å². The Morgan fingerprint density at radius 3 is 1.91 bits per heavy atom.